The van der Waals surface area contributed by atoms with Crippen molar-refractivity contribution in [3.05, 3.63) is 51.8 Å². The first kappa shape index (κ1) is 13.9. The topological polar surface area (TPSA) is 47.0 Å². The minimum Gasteiger partial charge on any atom is -0.494 e. The van der Waals surface area contributed by atoms with Gasteiger partial charge in [-0.3, -0.25) is 4.79 Å². The van der Waals surface area contributed by atoms with E-state index < -0.39 is 0 Å². The molecule has 2 aromatic carbocycles. The summed E-state index contributed by atoms with van der Waals surface area (Å²) in [6.45, 7) is 4.06. The summed E-state index contributed by atoms with van der Waals surface area (Å²) < 4.78 is 7.23. The second kappa shape index (κ2) is 4.62. The Labute approximate surface area is 133 Å². The molecule has 0 aliphatic carbocycles. The van der Waals surface area contributed by atoms with E-state index in [4.69, 9.17) is 4.74 Å². The maximum absolute atomic E-state index is 12.2. The highest BCUT2D eigenvalue weighted by Gasteiger charge is 2.16. The van der Waals surface area contributed by atoms with Gasteiger partial charge in [-0.05, 0) is 31.0 Å². The number of hydrogen-bond acceptors (Lipinski definition) is 2. The number of H-pyrrole nitrogens is 1. The summed E-state index contributed by atoms with van der Waals surface area (Å²) in [5.41, 5.74) is 5.12. The summed E-state index contributed by atoms with van der Waals surface area (Å²) >= 11 is 0. The van der Waals surface area contributed by atoms with Gasteiger partial charge < -0.3 is 14.3 Å². The van der Waals surface area contributed by atoms with E-state index in [1.807, 2.05) is 13.0 Å². The maximum atomic E-state index is 12.2. The lowest BCUT2D eigenvalue weighted by atomic mass is 10.0. The van der Waals surface area contributed by atoms with Crippen LogP contribution >= 0.6 is 0 Å². The van der Waals surface area contributed by atoms with Gasteiger partial charge in [-0.1, -0.05) is 12.1 Å². The molecule has 0 bridgehead atoms. The van der Waals surface area contributed by atoms with Crippen LogP contribution in [0.1, 0.15) is 11.1 Å². The number of aryl methyl sites for hydroxylation is 3. The van der Waals surface area contributed by atoms with E-state index in [-0.39, 0.29) is 5.56 Å². The molecule has 4 aromatic rings. The van der Waals surface area contributed by atoms with Gasteiger partial charge in [0.1, 0.15) is 5.75 Å². The van der Waals surface area contributed by atoms with Crippen molar-refractivity contribution < 1.29 is 4.74 Å². The quantitative estimate of drug-likeness (QED) is 0.581. The van der Waals surface area contributed by atoms with Crippen LogP contribution in [-0.4, -0.2) is 16.7 Å². The zero-order valence-corrected chi connectivity index (χ0v) is 13.7. The molecule has 0 atom stereocenters. The number of ether oxygens (including phenoxy) is 1. The van der Waals surface area contributed by atoms with Crippen molar-refractivity contribution in [1.82, 2.24) is 9.55 Å². The fourth-order valence-corrected chi connectivity index (χ4v) is 3.49. The molecule has 0 saturated carbocycles. The van der Waals surface area contributed by atoms with Gasteiger partial charge in [0.15, 0.2) is 0 Å². The van der Waals surface area contributed by atoms with Crippen molar-refractivity contribution in [3.8, 4) is 5.75 Å². The van der Waals surface area contributed by atoms with E-state index in [1.54, 1.807) is 24.8 Å². The summed E-state index contributed by atoms with van der Waals surface area (Å²) in [6, 6.07) is 10.1. The lowest BCUT2D eigenvalue weighted by Gasteiger charge is -2.13. The summed E-state index contributed by atoms with van der Waals surface area (Å²) in [5.74, 6) is 0.707. The first-order valence-corrected chi connectivity index (χ1v) is 7.60. The third-order valence-electron chi connectivity index (χ3n) is 4.60. The standard InChI is InChI=1S/C19H18N2O2/c1-10-5-6-12-13(7-10)20-14-9-15(23-4)19-17(18(12)14)11(2)8-16(22)21(19)3/h5-9,20H,1-4H3. The smallest absolute Gasteiger partial charge is 0.251 e. The number of rotatable bonds is 1. The second-order valence-corrected chi connectivity index (χ2v) is 6.12. The van der Waals surface area contributed by atoms with Gasteiger partial charge in [0, 0.05) is 40.9 Å². The van der Waals surface area contributed by atoms with Crippen LogP contribution in [0.15, 0.2) is 35.1 Å². The van der Waals surface area contributed by atoms with E-state index in [9.17, 15) is 4.79 Å². The van der Waals surface area contributed by atoms with Crippen LogP contribution < -0.4 is 10.3 Å². The normalized spacial score (nSPS) is 11.7. The molecular weight excluding hydrogens is 288 g/mol. The maximum Gasteiger partial charge on any atom is 0.251 e. The number of hydrogen-bond donors (Lipinski definition) is 1. The van der Waals surface area contributed by atoms with Crippen molar-refractivity contribution in [3.63, 3.8) is 0 Å². The Hall–Kier alpha value is -2.75. The van der Waals surface area contributed by atoms with Crippen LogP contribution in [0, 0.1) is 13.8 Å². The molecule has 4 heteroatoms. The molecule has 23 heavy (non-hydrogen) atoms. The molecule has 0 saturated heterocycles. The van der Waals surface area contributed by atoms with Crippen LogP contribution in [0.3, 0.4) is 0 Å². The number of fused-ring (bicyclic) bond motifs is 5. The SMILES string of the molecule is COc1cc2[nH]c3cc(C)ccc3c2c2c(C)cc(=O)n(C)c12. The molecule has 4 rings (SSSR count). The number of benzene rings is 2. The fourth-order valence-electron chi connectivity index (χ4n) is 3.49. The van der Waals surface area contributed by atoms with E-state index in [1.165, 1.54) is 10.9 Å². The monoisotopic (exact) mass is 306 g/mol. The molecular formula is C19H18N2O2. The largest absolute Gasteiger partial charge is 0.494 e. The molecule has 0 aliphatic rings. The van der Waals surface area contributed by atoms with Crippen molar-refractivity contribution in [2.75, 3.05) is 7.11 Å². The van der Waals surface area contributed by atoms with Gasteiger partial charge in [0.25, 0.3) is 5.56 Å². The first-order chi connectivity index (χ1) is 11.0. The van der Waals surface area contributed by atoms with E-state index in [2.05, 4.69) is 30.1 Å². The third-order valence-corrected chi connectivity index (χ3v) is 4.60. The minimum atomic E-state index is -0.0247. The van der Waals surface area contributed by atoms with Crippen LogP contribution in [0.2, 0.25) is 0 Å². The zero-order chi connectivity index (χ0) is 16.3. The Morgan fingerprint density at radius 3 is 2.57 bits per heavy atom. The van der Waals surface area contributed by atoms with Crippen molar-refractivity contribution >= 4 is 32.7 Å². The predicted molar refractivity (Wildman–Crippen MR) is 94.6 cm³/mol. The Bertz CT molecular complexity index is 1150. The molecule has 116 valence electrons. The van der Waals surface area contributed by atoms with Crippen molar-refractivity contribution in [2.24, 2.45) is 7.05 Å². The van der Waals surface area contributed by atoms with Crippen LogP contribution in [0.5, 0.6) is 5.75 Å². The van der Waals surface area contributed by atoms with E-state index >= 15 is 0 Å². The van der Waals surface area contributed by atoms with Crippen LogP contribution in [0.4, 0.5) is 0 Å². The van der Waals surface area contributed by atoms with Gasteiger partial charge >= 0.3 is 0 Å². The number of pyridine rings is 1. The van der Waals surface area contributed by atoms with E-state index in [0.29, 0.717) is 5.75 Å². The van der Waals surface area contributed by atoms with Gasteiger partial charge in [0.2, 0.25) is 0 Å². The average molecular weight is 306 g/mol. The Balaban J connectivity index is 2.38. The molecule has 4 nitrogen and oxygen atoms in total. The molecule has 0 radical (unpaired) electrons. The van der Waals surface area contributed by atoms with Gasteiger partial charge in [0.05, 0.1) is 18.1 Å². The fraction of sp³-hybridized carbons (Fsp3) is 0.211. The van der Waals surface area contributed by atoms with Crippen molar-refractivity contribution in [2.45, 2.75) is 13.8 Å². The van der Waals surface area contributed by atoms with Gasteiger partial charge in [-0.15, -0.1) is 0 Å². The number of nitrogens with zero attached hydrogens (tertiary/aromatic N) is 1. The number of nitrogens with one attached hydrogen (secondary N) is 1. The molecule has 0 fully saturated rings. The molecule has 0 unspecified atom stereocenters. The highest BCUT2D eigenvalue weighted by Crippen LogP contribution is 2.38. The minimum absolute atomic E-state index is 0.0247. The second-order valence-electron chi connectivity index (χ2n) is 6.12. The lowest BCUT2D eigenvalue weighted by Crippen LogP contribution is -2.17. The highest BCUT2D eigenvalue weighted by atomic mass is 16.5. The third kappa shape index (κ3) is 1.81. The number of aromatic nitrogens is 2. The Morgan fingerprint density at radius 1 is 1.04 bits per heavy atom. The Morgan fingerprint density at radius 2 is 1.83 bits per heavy atom. The van der Waals surface area contributed by atoms with Gasteiger partial charge in [-0.25, -0.2) is 0 Å². The molecule has 1 N–H and O–H groups in total. The summed E-state index contributed by atoms with van der Waals surface area (Å²) in [5, 5.41) is 3.38. The average Bonchev–Trinajstić information content (AvgIpc) is 2.87. The number of aromatic amines is 1. The summed E-state index contributed by atoms with van der Waals surface area (Å²) in [6.07, 6.45) is 0. The lowest BCUT2D eigenvalue weighted by molar-refractivity contribution is 0.418. The molecule has 0 spiro atoms. The van der Waals surface area contributed by atoms with E-state index in [0.717, 1.165) is 32.9 Å². The molecule has 0 aliphatic heterocycles. The number of methoxy groups -OCH3 is 1. The zero-order valence-electron chi connectivity index (χ0n) is 13.7. The van der Waals surface area contributed by atoms with Gasteiger partial charge in [-0.2, -0.15) is 0 Å². The first-order valence-electron chi connectivity index (χ1n) is 7.60. The Kier molecular flexibility index (Phi) is 2.79. The molecule has 2 aromatic heterocycles. The van der Waals surface area contributed by atoms with Crippen LogP contribution in [-0.2, 0) is 7.05 Å². The molecule has 0 amide bonds. The summed E-state index contributed by atoms with van der Waals surface area (Å²) in [7, 11) is 3.43. The molecule has 2 heterocycles. The van der Waals surface area contributed by atoms with Crippen LogP contribution in [0.25, 0.3) is 32.7 Å². The van der Waals surface area contributed by atoms with Crippen molar-refractivity contribution in [1.29, 1.82) is 0 Å². The summed E-state index contributed by atoms with van der Waals surface area (Å²) in [4.78, 5) is 15.7. The predicted octanol–water partition coefficient (Wildman–Crippen LogP) is 3.80. The highest BCUT2D eigenvalue weighted by molar-refractivity contribution is 6.21.